The average molecular weight is 353 g/mol. The molecule has 4 heteroatoms. The number of hydrogen-bond acceptors (Lipinski definition) is 4. The van der Waals surface area contributed by atoms with Gasteiger partial charge in [-0.15, -0.1) is 0 Å². The van der Waals surface area contributed by atoms with Crippen molar-refractivity contribution >= 4 is 5.97 Å². The van der Waals surface area contributed by atoms with Crippen molar-refractivity contribution in [1.29, 1.82) is 0 Å². The molecule has 0 amide bonds. The Balaban J connectivity index is 3.34. The summed E-state index contributed by atoms with van der Waals surface area (Å²) in [5.74, 6) is -0.298. The molecule has 0 aromatic heterocycles. The molecule has 0 saturated carbocycles. The number of allylic oxidation sites excluding steroid dienone is 6. The minimum atomic E-state index is -0.967. The van der Waals surface area contributed by atoms with Gasteiger partial charge in [-0.3, -0.25) is 4.79 Å². The van der Waals surface area contributed by atoms with Crippen LogP contribution in [0.3, 0.4) is 0 Å². The highest BCUT2D eigenvalue weighted by atomic mass is 16.5. The lowest BCUT2D eigenvalue weighted by Crippen LogP contribution is -2.21. The fraction of sp³-hybridized carbons (Fsp3) is 0.667. The summed E-state index contributed by atoms with van der Waals surface area (Å²) in [6.07, 6.45) is 22.3. The molecule has 0 unspecified atom stereocenters. The van der Waals surface area contributed by atoms with E-state index in [1.54, 1.807) is 0 Å². The highest BCUT2D eigenvalue weighted by molar-refractivity contribution is 5.69. The number of hydrogen-bond donors (Lipinski definition) is 2. The molecule has 0 fully saturated rings. The molecule has 0 aliphatic carbocycles. The van der Waals surface area contributed by atoms with Gasteiger partial charge in [0.1, 0.15) is 12.7 Å². The third-order valence-electron chi connectivity index (χ3n) is 3.68. The van der Waals surface area contributed by atoms with Gasteiger partial charge in [-0.1, -0.05) is 62.6 Å². The average Bonchev–Trinajstić information content (AvgIpc) is 2.62. The van der Waals surface area contributed by atoms with Gasteiger partial charge in [0.2, 0.25) is 0 Å². The predicted molar refractivity (Wildman–Crippen MR) is 103 cm³/mol. The summed E-state index contributed by atoms with van der Waals surface area (Å²) in [6.45, 7) is 1.64. The second kappa shape index (κ2) is 18.9. The molecule has 0 heterocycles. The standard InChI is InChI=1S/C21H36O4/c1-2-3-4-5-6-7-8-9-10-11-12-13-14-15-16-17-21(24)25-19-20(23)18-22/h3-4,6-7,9-10,20,22-23H,2,5,8,11-19H2,1H3/b4-3+,7-6-,10-9-/t20-/m1/s1. The maximum absolute atomic E-state index is 11.4. The summed E-state index contributed by atoms with van der Waals surface area (Å²) in [4.78, 5) is 11.4. The number of aliphatic hydroxyl groups is 2. The van der Waals surface area contributed by atoms with E-state index in [-0.39, 0.29) is 19.2 Å². The molecule has 25 heavy (non-hydrogen) atoms. The zero-order chi connectivity index (χ0) is 18.6. The van der Waals surface area contributed by atoms with Crippen molar-refractivity contribution in [3.8, 4) is 0 Å². The van der Waals surface area contributed by atoms with Crippen LogP contribution in [0.1, 0.15) is 71.1 Å². The SMILES string of the molecule is CC/C=C/C/C=C\C/C=C\CCCCCCCC(=O)OC[C@H](O)CO. The van der Waals surface area contributed by atoms with Crippen molar-refractivity contribution in [2.24, 2.45) is 0 Å². The molecular formula is C21H36O4. The van der Waals surface area contributed by atoms with Crippen LogP contribution >= 0.6 is 0 Å². The number of aliphatic hydroxyl groups excluding tert-OH is 2. The molecule has 4 nitrogen and oxygen atoms in total. The first-order valence-corrected chi connectivity index (χ1v) is 9.60. The van der Waals surface area contributed by atoms with Crippen molar-refractivity contribution in [2.75, 3.05) is 13.2 Å². The Hall–Kier alpha value is -1.39. The van der Waals surface area contributed by atoms with E-state index >= 15 is 0 Å². The number of unbranched alkanes of at least 4 members (excludes halogenated alkanes) is 5. The van der Waals surface area contributed by atoms with Gasteiger partial charge in [0.05, 0.1) is 6.61 Å². The monoisotopic (exact) mass is 352 g/mol. The van der Waals surface area contributed by atoms with Crippen LogP contribution < -0.4 is 0 Å². The molecule has 0 saturated heterocycles. The zero-order valence-corrected chi connectivity index (χ0v) is 15.7. The number of ether oxygens (including phenoxy) is 1. The van der Waals surface area contributed by atoms with Gasteiger partial charge in [0, 0.05) is 6.42 Å². The lowest BCUT2D eigenvalue weighted by molar-refractivity contribution is -0.147. The Morgan fingerprint density at radius 1 is 0.920 bits per heavy atom. The van der Waals surface area contributed by atoms with Crippen molar-refractivity contribution < 1.29 is 19.7 Å². The van der Waals surface area contributed by atoms with E-state index in [1.165, 1.54) is 12.8 Å². The molecule has 1 atom stereocenters. The Bertz CT molecular complexity index is 385. The van der Waals surface area contributed by atoms with Crippen LogP contribution in [-0.4, -0.2) is 35.5 Å². The first-order chi connectivity index (χ1) is 12.2. The maximum Gasteiger partial charge on any atom is 0.305 e. The molecule has 0 aliphatic heterocycles. The highest BCUT2D eigenvalue weighted by Crippen LogP contribution is 2.08. The molecule has 0 rings (SSSR count). The van der Waals surface area contributed by atoms with Crippen LogP contribution in [0.2, 0.25) is 0 Å². The Morgan fingerprint density at radius 3 is 2.20 bits per heavy atom. The number of esters is 1. The van der Waals surface area contributed by atoms with Crippen molar-refractivity contribution in [1.82, 2.24) is 0 Å². The van der Waals surface area contributed by atoms with Crippen LogP contribution in [0.5, 0.6) is 0 Å². The van der Waals surface area contributed by atoms with Gasteiger partial charge >= 0.3 is 5.97 Å². The fourth-order valence-electron chi connectivity index (χ4n) is 2.20. The van der Waals surface area contributed by atoms with Crippen LogP contribution in [0.15, 0.2) is 36.5 Å². The molecule has 144 valence electrons. The minimum Gasteiger partial charge on any atom is -0.463 e. The number of rotatable bonds is 16. The smallest absolute Gasteiger partial charge is 0.305 e. The van der Waals surface area contributed by atoms with Crippen molar-refractivity contribution in [2.45, 2.75) is 77.2 Å². The van der Waals surface area contributed by atoms with E-state index in [0.29, 0.717) is 6.42 Å². The molecule has 0 radical (unpaired) electrons. The third-order valence-corrected chi connectivity index (χ3v) is 3.68. The first kappa shape index (κ1) is 23.6. The van der Waals surface area contributed by atoms with E-state index in [4.69, 9.17) is 14.9 Å². The quantitative estimate of drug-likeness (QED) is 0.244. The van der Waals surface area contributed by atoms with Crippen LogP contribution in [0.4, 0.5) is 0 Å². The van der Waals surface area contributed by atoms with Crippen LogP contribution in [0, 0.1) is 0 Å². The molecule has 0 spiro atoms. The Kier molecular flexibility index (Phi) is 17.9. The van der Waals surface area contributed by atoms with Gasteiger partial charge in [0.15, 0.2) is 0 Å². The van der Waals surface area contributed by atoms with Crippen LogP contribution in [-0.2, 0) is 9.53 Å². The topological polar surface area (TPSA) is 66.8 Å². The second-order valence-corrected chi connectivity index (χ2v) is 6.12. The molecule has 0 bridgehead atoms. The fourth-order valence-corrected chi connectivity index (χ4v) is 2.20. The molecule has 2 N–H and O–H groups in total. The highest BCUT2D eigenvalue weighted by Gasteiger charge is 2.07. The van der Waals surface area contributed by atoms with Crippen molar-refractivity contribution in [3.63, 3.8) is 0 Å². The zero-order valence-electron chi connectivity index (χ0n) is 15.7. The summed E-state index contributed by atoms with van der Waals surface area (Å²) in [7, 11) is 0. The van der Waals surface area contributed by atoms with Crippen molar-refractivity contribution in [3.05, 3.63) is 36.5 Å². The number of carbonyl (C=O) groups excluding carboxylic acids is 1. The van der Waals surface area contributed by atoms with Gasteiger partial charge in [0.25, 0.3) is 0 Å². The Labute approximate surface area is 153 Å². The first-order valence-electron chi connectivity index (χ1n) is 9.60. The predicted octanol–water partition coefficient (Wildman–Crippen LogP) is 4.47. The van der Waals surface area contributed by atoms with Gasteiger partial charge in [-0.05, 0) is 38.5 Å². The van der Waals surface area contributed by atoms with Gasteiger partial charge in [-0.25, -0.2) is 0 Å². The van der Waals surface area contributed by atoms with E-state index in [1.807, 2.05) is 0 Å². The van der Waals surface area contributed by atoms with E-state index in [9.17, 15) is 4.79 Å². The van der Waals surface area contributed by atoms with Gasteiger partial charge in [-0.2, -0.15) is 0 Å². The summed E-state index contributed by atoms with van der Waals surface area (Å²) in [5.41, 5.74) is 0. The van der Waals surface area contributed by atoms with Gasteiger partial charge < -0.3 is 14.9 Å². The third kappa shape index (κ3) is 18.8. The summed E-state index contributed by atoms with van der Waals surface area (Å²) >= 11 is 0. The molecule has 0 aromatic carbocycles. The second-order valence-electron chi connectivity index (χ2n) is 6.12. The lowest BCUT2D eigenvalue weighted by Gasteiger charge is -2.08. The lowest BCUT2D eigenvalue weighted by atomic mass is 10.1. The molecular weight excluding hydrogens is 316 g/mol. The molecule has 0 aliphatic rings. The Morgan fingerprint density at radius 2 is 1.52 bits per heavy atom. The minimum absolute atomic E-state index is 0.119. The largest absolute Gasteiger partial charge is 0.463 e. The molecule has 0 aromatic rings. The summed E-state index contributed by atoms with van der Waals surface area (Å²) < 4.78 is 4.85. The normalized spacial score (nSPS) is 13.2. The number of carbonyl (C=O) groups is 1. The summed E-state index contributed by atoms with van der Waals surface area (Å²) in [5, 5.41) is 17.7. The summed E-state index contributed by atoms with van der Waals surface area (Å²) in [6, 6.07) is 0. The van der Waals surface area contributed by atoms with Crippen LogP contribution in [0.25, 0.3) is 0 Å². The van der Waals surface area contributed by atoms with E-state index in [2.05, 4.69) is 43.4 Å². The van der Waals surface area contributed by atoms with E-state index in [0.717, 1.165) is 44.9 Å². The van der Waals surface area contributed by atoms with E-state index < -0.39 is 6.10 Å². The maximum atomic E-state index is 11.4.